The van der Waals surface area contributed by atoms with Crippen LogP contribution < -0.4 is 5.32 Å². The Kier molecular flexibility index (Phi) is 4.07. The maximum Gasteiger partial charge on any atom is 0.181 e. The van der Waals surface area contributed by atoms with Crippen LogP contribution in [0.1, 0.15) is 19.3 Å². The number of hydrogen-bond acceptors (Lipinski definition) is 3. The first-order valence-electron chi connectivity index (χ1n) is 5.81. The van der Waals surface area contributed by atoms with Crippen molar-refractivity contribution in [3.63, 3.8) is 0 Å². The van der Waals surface area contributed by atoms with Crippen LogP contribution in [0.4, 0.5) is 0 Å². The molecule has 1 unspecified atom stereocenters. The van der Waals surface area contributed by atoms with Gasteiger partial charge in [-0.25, -0.2) is 8.42 Å². The van der Waals surface area contributed by atoms with Crippen LogP contribution in [0.25, 0.3) is 0 Å². The van der Waals surface area contributed by atoms with Crippen LogP contribution in [-0.2, 0) is 9.84 Å². The molecule has 17 heavy (non-hydrogen) atoms. The fourth-order valence-electron chi connectivity index (χ4n) is 2.11. The SMILES string of the molecule is O=S(=O)(c1ccc(Cl)cc1)C1CCCNCC1. The lowest BCUT2D eigenvalue weighted by atomic mass is 10.2. The molecular weight excluding hydrogens is 258 g/mol. The topological polar surface area (TPSA) is 46.2 Å². The average molecular weight is 274 g/mol. The van der Waals surface area contributed by atoms with Crippen molar-refractivity contribution >= 4 is 21.4 Å². The van der Waals surface area contributed by atoms with Crippen molar-refractivity contribution in [1.82, 2.24) is 5.32 Å². The highest BCUT2D eigenvalue weighted by Crippen LogP contribution is 2.24. The third-order valence-electron chi connectivity index (χ3n) is 3.10. The molecule has 5 heteroatoms. The first-order valence-corrected chi connectivity index (χ1v) is 7.73. The molecule has 0 aromatic heterocycles. The fourth-order valence-corrected chi connectivity index (χ4v) is 4.05. The molecule has 1 aromatic rings. The lowest BCUT2D eigenvalue weighted by Gasteiger charge is -2.14. The summed E-state index contributed by atoms with van der Waals surface area (Å²) in [6.07, 6.45) is 2.33. The highest BCUT2D eigenvalue weighted by Gasteiger charge is 2.27. The molecule has 0 radical (unpaired) electrons. The van der Waals surface area contributed by atoms with E-state index in [1.807, 2.05) is 0 Å². The summed E-state index contributed by atoms with van der Waals surface area (Å²) in [4.78, 5) is 0.383. The van der Waals surface area contributed by atoms with Gasteiger partial charge in [0, 0.05) is 5.02 Å². The van der Waals surface area contributed by atoms with E-state index in [2.05, 4.69) is 5.32 Å². The Morgan fingerprint density at radius 1 is 1.12 bits per heavy atom. The predicted molar refractivity (Wildman–Crippen MR) is 69.1 cm³/mol. The van der Waals surface area contributed by atoms with Gasteiger partial charge in [-0.15, -0.1) is 0 Å². The third kappa shape index (κ3) is 3.00. The van der Waals surface area contributed by atoms with E-state index < -0.39 is 9.84 Å². The maximum atomic E-state index is 12.4. The largest absolute Gasteiger partial charge is 0.317 e. The van der Waals surface area contributed by atoms with E-state index in [1.54, 1.807) is 24.3 Å². The molecule has 3 nitrogen and oxygen atoms in total. The second-order valence-electron chi connectivity index (χ2n) is 4.30. The summed E-state index contributed by atoms with van der Waals surface area (Å²) in [7, 11) is -3.20. The van der Waals surface area contributed by atoms with Crippen LogP contribution in [0.15, 0.2) is 29.2 Å². The number of hydrogen-bond donors (Lipinski definition) is 1. The summed E-state index contributed by atoms with van der Waals surface area (Å²) < 4.78 is 24.8. The molecule has 0 amide bonds. The first-order chi connectivity index (χ1) is 8.10. The van der Waals surface area contributed by atoms with Gasteiger partial charge in [0.1, 0.15) is 0 Å². The number of benzene rings is 1. The number of sulfone groups is 1. The number of nitrogens with one attached hydrogen (secondary N) is 1. The van der Waals surface area contributed by atoms with E-state index >= 15 is 0 Å². The molecule has 0 spiro atoms. The van der Waals surface area contributed by atoms with Crippen LogP contribution in [-0.4, -0.2) is 26.8 Å². The van der Waals surface area contributed by atoms with Gasteiger partial charge in [-0.3, -0.25) is 0 Å². The van der Waals surface area contributed by atoms with Gasteiger partial charge in [-0.05, 0) is 56.6 Å². The van der Waals surface area contributed by atoms with Gasteiger partial charge < -0.3 is 5.32 Å². The molecule has 1 aliphatic heterocycles. The minimum atomic E-state index is -3.20. The van der Waals surface area contributed by atoms with E-state index in [0.717, 1.165) is 25.9 Å². The van der Waals surface area contributed by atoms with Crippen LogP contribution in [0, 0.1) is 0 Å². The monoisotopic (exact) mass is 273 g/mol. The predicted octanol–water partition coefficient (Wildman–Crippen LogP) is 2.26. The zero-order valence-electron chi connectivity index (χ0n) is 9.52. The van der Waals surface area contributed by atoms with E-state index in [4.69, 9.17) is 11.6 Å². The Morgan fingerprint density at radius 2 is 1.82 bits per heavy atom. The van der Waals surface area contributed by atoms with Crippen LogP contribution in [0.5, 0.6) is 0 Å². The minimum Gasteiger partial charge on any atom is -0.317 e. The molecule has 1 aliphatic rings. The van der Waals surface area contributed by atoms with Crippen molar-refractivity contribution in [1.29, 1.82) is 0 Å². The summed E-state index contributed by atoms with van der Waals surface area (Å²) in [5.41, 5.74) is 0. The Morgan fingerprint density at radius 3 is 2.53 bits per heavy atom. The van der Waals surface area contributed by atoms with Crippen LogP contribution in [0.3, 0.4) is 0 Å². The zero-order chi connectivity index (χ0) is 12.3. The molecule has 2 rings (SSSR count). The molecule has 1 saturated heterocycles. The van der Waals surface area contributed by atoms with Crippen molar-refractivity contribution in [3.8, 4) is 0 Å². The normalized spacial score (nSPS) is 22.1. The number of rotatable bonds is 2. The van der Waals surface area contributed by atoms with Crippen LogP contribution in [0.2, 0.25) is 5.02 Å². The van der Waals surface area contributed by atoms with E-state index in [0.29, 0.717) is 16.3 Å². The van der Waals surface area contributed by atoms with Gasteiger partial charge in [0.15, 0.2) is 9.84 Å². The smallest absolute Gasteiger partial charge is 0.181 e. The summed E-state index contributed by atoms with van der Waals surface area (Å²) in [6.45, 7) is 1.68. The highest BCUT2D eigenvalue weighted by molar-refractivity contribution is 7.92. The van der Waals surface area contributed by atoms with Crippen molar-refractivity contribution in [2.75, 3.05) is 13.1 Å². The Bertz CT molecular complexity index is 462. The molecule has 1 N–H and O–H groups in total. The van der Waals surface area contributed by atoms with E-state index in [-0.39, 0.29) is 5.25 Å². The molecule has 0 bridgehead atoms. The summed E-state index contributed by atoms with van der Waals surface area (Å²) in [5, 5.41) is 3.52. The lowest BCUT2D eigenvalue weighted by molar-refractivity contribution is 0.566. The van der Waals surface area contributed by atoms with Crippen molar-refractivity contribution in [2.45, 2.75) is 29.4 Å². The standard InChI is InChI=1S/C12H16ClNO2S/c13-10-3-5-12(6-4-10)17(15,16)11-2-1-8-14-9-7-11/h3-6,11,14H,1-2,7-9H2. The van der Waals surface area contributed by atoms with Gasteiger partial charge in [0.25, 0.3) is 0 Å². The van der Waals surface area contributed by atoms with Crippen LogP contribution >= 0.6 is 11.6 Å². The summed E-state index contributed by atoms with van der Waals surface area (Å²) in [6, 6.07) is 6.44. The Balaban J connectivity index is 2.25. The Hall–Kier alpha value is -0.580. The second kappa shape index (κ2) is 5.38. The average Bonchev–Trinajstić information content (AvgIpc) is 2.58. The van der Waals surface area contributed by atoms with Crippen molar-refractivity contribution in [2.24, 2.45) is 0 Å². The number of halogens is 1. The second-order valence-corrected chi connectivity index (χ2v) is 6.97. The van der Waals surface area contributed by atoms with Gasteiger partial charge in [-0.1, -0.05) is 11.6 Å². The van der Waals surface area contributed by atoms with E-state index in [9.17, 15) is 8.42 Å². The quantitative estimate of drug-likeness (QED) is 0.899. The Labute approximate surface area is 107 Å². The van der Waals surface area contributed by atoms with Gasteiger partial charge in [0.05, 0.1) is 10.1 Å². The zero-order valence-corrected chi connectivity index (χ0v) is 11.1. The van der Waals surface area contributed by atoms with Crippen molar-refractivity contribution < 1.29 is 8.42 Å². The molecule has 1 heterocycles. The third-order valence-corrected chi connectivity index (χ3v) is 5.63. The summed E-state index contributed by atoms with van der Waals surface area (Å²) >= 11 is 5.77. The summed E-state index contributed by atoms with van der Waals surface area (Å²) in [5.74, 6) is 0. The van der Waals surface area contributed by atoms with Gasteiger partial charge in [-0.2, -0.15) is 0 Å². The molecule has 94 valence electrons. The molecule has 0 saturated carbocycles. The minimum absolute atomic E-state index is 0.265. The molecule has 0 aliphatic carbocycles. The fraction of sp³-hybridized carbons (Fsp3) is 0.500. The lowest BCUT2D eigenvalue weighted by Crippen LogP contribution is -2.23. The van der Waals surface area contributed by atoms with E-state index in [1.165, 1.54) is 0 Å². The molecule has 1 atom stereocenters. The molecule has 1 aromatic carbocycles. The first kappa shape index (κ1) is 12.9. The maximum absolute atomic E-state index is 12.4. The van der Waals surface area contributed by atoms with Gasteiger partial charge in [0.2, 0.25) is 0 Å². The molecular formula is C12H16ClNO2S. The van der Waals surface area contributed by atoms with Gasteiger partial charge >= 0.3 is 0 Å². The van der Waals surface area contributed by atoms with Crippen molar-refractivity contribution in [3.05, 3.63) is 29.3 Å². The molecule has 1 fully saturated rings. The highest BCUT2D eigenvalue weighted by atomic mass is 35.5.